The number of fused-ring (bicyclic) bond motifs is 1. The molecule has 1 aliphatic rings. The summed E-state index contributed by atoms with van der Waals surface area (Å²) >= 11 is 6.51. The maximum Gasteiger partial charge on any atom is 0.151 e. The van der Waals surface area contributed by atoms with E-state index in [0.717, 1.165) is 60.8 Å². The minimum atomic E-state index is 0.569. The molecule has 1 aliphatic heterocycles. The zero-order valence-electron chi connectivity index (χ0n) is 22.4. The van der Waals surface area contributed by atoms with E-state index in [1.54, 1.807) is 0 Å². The number of likely N-dealkylation sites (tertiary alicyclic amines) is 1. The van der Waals surface area contributed by atoms with Gasteiger partial charge < -0.3 is 5.32 Å². The number of halogens is 1. The second kappa shape index (κ2) is 11.6. The zero-order valence-corrected chi connectivity index (χ0v) is 23.1. The minimum Gasteiger partial charge on any atom is -0.370 e. The Morgan fingerprint density at radius 2 is 1.67 bits per heavy atom. The Bertz CT molecular complexity index is 1550. The molecule has 7 heteroatoms. The SMILES string of the molecule is Bc1cnn2c(NCC3CCCN(Cc4ccc(Cc5ccccc5)cc4)C3)cc(-c3ccccc3Cl)nc12. The van der Waals surface area contributed by atoms with Crippen LogP contribution in [0.5, 0.6) is 0 Å². The maximum atomic E-state index is 6.51. The van der Waals surface area contributed by atoms with Crippen molar-refractivity contribution in [2.75, 3.05) is 25.0 Å². The van der Waals surface area contributed by atoms with Crippen LogP contribution in [-0.4, -0.2) is 47.0 Å². The highest BCUT2D eigenvalue weighted by Crippen LogP contribution is 2.28. The summed E-state index contributed by atoms with van der Waals surface area (Å²) in [6.45, 7) is 4.13. The molecule has 0 amide bonds. The van der Waals surface area contributed by atoms with E-state index in [4.69, 9.17) is 16.6 Å². The zero-order chi connectivity index (χ0) is 26.6. The van der Waals surface area contributed by atoms with Gasteiger partial charge in [-0.3, -0.25) is 4.90 Å². The molecule has 0 spiro atoms. The number of benzene rings is 3. The molecule has 3 aromatic carbocycles. The van der Waals surface area contributed by atoms with Crippen LogP contribution in [0.2, 0.25) is 5.02 Å². The molecule has 1 fully saturated rings. The van der Waals surface area contributed by atoms with Gasteiger partial charge in [0.05, 0.1) is 5.69 Å². The first-order chi connectivity index (χ1) is 19.1. The third-order valence-electron chi connectivity index (χ3n) is 7.65. The van der Waals surface area contributed by atoms with Crippen LogP contribution in [0.15, 0.2) is 91.1 Å². The van der Waals surface area contributed by atoms with Gasteiger partial charge in [-0.1, -0.05) is 84.4 Å². The second-order valence-electron chi connectivity index (χ2n) is 10.7. The monoisotopic (exact) mass is 533 g/mol. The van der Waals surface area contributed by atoms with Crippen molar-refractivity contribution in [3.8, 4) is 11.3 Å². The fourth-order valence-corrected chi connectivity index (χ4v) is 5.80. The standard InChI is InChI=1S/C32H33BClN5/c33-28-20-36-39-31(18-30(37-32(28)39)27-10-4-5-11-29(27)34)35-19-26-9-6-16-38(22-26)21-25-14-12-24(13-15-25)17-23-7-2-1-3-8-23/h1-5,7-8,10-15,18,20,26,35H,6,9,16-17,19,21-22,33H2. The van der Waals surface area contributed by atoms with Gasteiger partial charge in [0.25, 0.3) is 0 Å². The second-order valence-corrected chi connectivity index (χ2v) is 11.1. The average Bonchev–Trinajstić information content (AvgIpc) is 3.34. The molecule has 196 valence electrons. The highest BCUT2D eigenvalue weighted by molar-refractivity contribution is 6.36. The van der Waals surface area contributed by atoms with E-state index in [0.29, 0.717) is 10.9 Å². The fraction of sp³-hybridized carbons (Fsp3) is 0.250. The van der Waals surface area contributed by atoms with Crippen molar-refractivity contribution >= 4 is 36.4 Å². The van der Waals surface area contributed by atoms with Gasteiger partial charge in [-0.25, -0.2) is 4.98 Å². The summed E-state index contributed by atoms with van der Waals surface area (Å²) in [4.78, 5) is 7.47. The number of hydrogen-bond acceptors (Lipinski definition) is 4. The van der Waals surface area contributed by atoms with Crippen molar-refractivity contribution in [1.82, 2.24) is 19.5 Å². The van der Waals surface area contributed by atoms with Gasteiger partial charge in [-0.15, -0.1) is 0 Å². The summed E-state index contributed by atoms with van der Waals surface area (Å²) in [5.41, 5.74) is 7.80. The molecule has 0 bridgehead atoms. The lowest BCUT2D eigenvalue weighted by molar-refractivity contribution is 0.173. The fourth-order valence-electron chi connectivity index (χ4n) is 5.57. The maximum absolute atomic E-state index is 6.51. The van der Waals surface area contributed by atoms with E-state index in [2.05, 4.69) is 76.0 Å². The van der Waals surface area contributed by atoms with E-state index in [1.807, 2.05) is 42.8 Å². The highest BCUT2D eigenvalue weighted by atomic mass is 35.5. The van der Waals surface area contributed by atoms with Crippen molar-refractivity contribution in [2.45, 2.75) is 25.8 Å². The first-order valence-corrected chi connectivity index (χ1v) is 14.2. The molecule has 0 radical (unpaired) electrons. The topological polar surface area (TPSA) is 45.5 Å². The Balaban J connectivity index is 1.11. The van der Waals surface area contributed by atoms with Crippen LogP contribution in [-0.2, 0) is 13.0 Å². The number of nitrogens with zero attached hydrogens (tertiary/aromatic N) is 4. The predicted molar refractivity (Wildman–Crippen MR) is 164 cm³/mol. The molecule has 6 rings (SSSR count). The third kappa shape index (κ3) is 6.03. The number of nitrogens with one attached hydrogen (secondary N) is 1. The van der Waals surface area contributed by atoms with Crippen LogP contribution in [0.4, 0.5) is 5.82 Å². The molecule has 5 nitrogen and oxygen atoms in total. The Kier molecular flexibility index (Phi) is 7.66. The quantitative estimate of drug-likeness (QED) is 0.278. The number of aromatic nitrogens is 3. The smallest absolute Gasteiger partial charge is 0.151 e. The Labute approximate surface area is 236 Å². The lowest BCUT2D eigenvalue weighted by atomic mass is 9.97. The first kappa shape index (κ1) is 25.7. The van der Waals surface area contributed by atoms with Crippen molar-refractivity contribution in [3.63, 3.8) is 0 Å². The number of hydrogen-bond donors (Lipinski definition) is 1. The molecule has 1 saturated heterocycles. The van der Waals surface area contributed by atoms with Gasteiger partial charge >= 0.3 is 0 Å². The number of anilines is 1. The van der Waals surface area contributed by atoms with Gasteiger partial charge in [0.15, 0.2) is 5.65 Å². The van der Waals surface area contributed by atoms with E-state index < -0.39 is 0 Å². The van der Waals surface area contributed by atoms with Crippen LogP contribution in [0.3, 0.4) is 0 Å². The summed E-state index contributed by atoms with van der Waals surface area (Å²) in [7, 11) is 2.04. The Morgan fingerprint density at radius 3 is 2.49 bits per heavy atom. The van der Waals surface area contributed by atoms with Gasteiger partial charge in [-0.05, 0) is 59.9 Å². The van der Waals surface area contributed by atoms with Crippen molar-refractivity contribution in [3.05, 3.63) is 113 Å². The van der Waals surface area contributed by atoms with Crippen molar-refractivity contribution < 1.29 is 0 Å². The predicted octanol–water partition coefficient (Wildman–Crippen LogP) is 5.22. The van der Waals surface area contributed by atoms with Crippen molar-refractivity contribution in [1.29, 1.82) is 0 Å². The van der Waals surface area contributed by atoms with Gasteiger partial charge in [-0.2, -0.15) is 9.61 Å². The lowest BCUT2D eigenvalue weighted by Gasteiger charge is -2.33. The van der Waals surface area contributed by atoms with Crippen LogP contribution >= 0.6 is 11.6 Å². The van der Waals surface area contributed by atoms with Crippen LogP contribution in [0, 0.1) is 5.92 Å². The minimum absolute atomic E-state index is 0.569. The summed E-state index contributed by atoms with van der Waals surface area (Å²) in [5.74, 6) is 1.52. The van der Waals surface area contributed by atoms with Crippen LogP contribution < -0.4 is 10.8 Å². The number of rotatable bonds is 8. The van der Waals surface area contributed by atoms with E-state index in [-0.39, 0.29) is 0 Å². The van der Waals surface area contributed by atoms with Crippen molar-refractivity contribution in [2.24, 2.45) is 5.92 Å². The van der Waals surface area contributed by atoms with Crippen LogP contribution in [0.25, 0.3) is 16.9 Å². The molecule has 1 N–H and O–H groups in total. The molecule has 39 heavy (non-hydrogen) atoms. The van der Waals surface area contributed by atoms with Gasteiger partial charge in [0.1, 0.15) is 13.7 Å². The first-order valence-electron chi connectivity index (χ1n) is 13.8. The molecular formula is C32H33BClN5. The van der Waals surface area contributed by atoms with E-state index >= 15 is 0 Å². The summed E-state index contributed by atoms with van der Waals surface area (Å²) in [5, 5.41) is 9.00. The molecule has 1 atom stereocenters. The Morgan fingerprint density at radius 1 is 0.923 bits per heavy atom. The lowest BCUT2D eigenvalue weighted by Crippen LogP contribution is -2.37. The molecule has 5 aromatic rings. The largest absolute Gasteiger partial charge is 0.370 e. The highest BCUT2D eigenvalue weighted by Gasteiger charge is 2.21. The van der Waals surface area contributed by atoms with E-state index in [9.17, 15) is 0 Å². The average molecular weight is 534 g/mol. The summed E-state index contributed by atoms with van der Waals surface area (Å²) in [6, 6.07) is 29.8. The van der Waals surface area contributed by atoms with Gasteiger partial charge in [0.2, 0.25) is 0 Å². The third-order valence-corrected chi connectivity index (χ3v) is 7.98. The molecule has 1 unspecified atom stereocenters. The van der Waals surface area contributed by atoms with E-state index in [1.165, 1.54) is 29.5 Å². The normalized spacial score (nSPS) is 16.0. The Hall–Kier alpha value is -3.61. The molecular weight excluding hydrogens is 501 g/mol. The molecule has 3 heterocycles. The molecule has 0 saturated carbocycles. The molecule has 0 aliphatic carbocycles. The van der Waals surface area contributed by atoms with Gasteiger partial charge in [0, 0.05) is 42.5 Å². The van der Waals surface area contributed by atoms with Crippen LogP contribution in [0.1, 0.15) is 29.5 Å². The summed E-state index contributed by atoms with van der Waals surface area (Å²) < 4.78 is 1.91. The number of piperidine rings is 1. The molecule has 2 aromatic heterocycles. The summed E-state index contributed by atoms with van der Waals surface area (Å²) in [6.07, 6.45) is 5.30.